The summed E-state index contributed by atoms with van der Waals surface area (Å²) in [4.78, 5) is 4.02. The van der Waals surface area contributed by atoms with Gasteiger partial charge < -0.3 is 4.74 Å². The Morgan fingerprint density at radius 3 is 2.80 bits per heavy atom. The van der Waals surface area contributed by atoms with Gasteiger partial charge in [0.25, 0.3) is 0 Å². The lowest BCUT2D eigenvalue weighted by Crippen LogP contribution is -1.77. The summed E-state index contributed by atoms with van der Waals surface area (Å²) in [6, 6.07) is 0. The van der Waals surface area contributed by atoms with Gasteiger partial charge in [0.05, 0.1) is 13.3 Å². The first-order chi connectivity index (χ1) is 4.81. The highest BCUT2D eigenvalue weighted by molar-refractivity contribution is 5.57. The van der Waals surface area contributed by atoms with E-state index in [4.69, 9.17) is 4.74 Å². The van der Waals surface area contributed by atoms with Crippen molar-refractivity contribution < 1.29 is 4.74 Å². The van der Waals surface area contributed by atoms with Crippen LogP contribution in [0.2, 0.25) is 0 Å². The van der Waals surface area contributed by atoms with Crippen molar-refractivity contribution in [1.29, 1.82) is 0 Å². The summed E-state index contributed by atoms with van der Waals surface area (Å²) >= 11 is 0. The predicted molar refractivity (Wildman–Crippen MR) is 44.2 cm³/mol. The van der Waals surface area contributed by atoms with Crippen molar-refractivity contribution in [2.24, 2.45) is 4.99 Å². The fourth-order valence-electron chi connectivity index (χ4n) is 0.414. The third-order valence-corrected chi connectivity index (χ3v) is 1.10. The number of unbranched alkanes of at least 4 members (excludes halogenated alkanes) is 1. The number of hydrogen-bond acceptors (Lipinski definition) is 2. The van der Waals surface area contributed by atoms with Crippen LogP contribution in [0, 0.1) is 0 Å². The van der Waals surface area contributed by atoms with E-state index in [1.54, 1.807) is 13.3 Å². The van der Waals surface area contributed by atoms with Gasteiger partial charge in [0, 0.05) is 6.21 Å². The van der Waals surface area contributed by atoms with Crippen LogP contribution in [-0.2, 0) is 4.74 Å². The number of hydrogen-bond donors (Lipinski definition) is 0. The number of nitrogens with zero attached hydrogens (tertiary/aromatic N) is 1. The van der Waals surface area contributed by atoms with Crippen molar-refractivity contribution in [2.45, 2.75) is 26.7 Å². The van der Waals surface area contributed by atoms with Crippen molar-refractivity contribution in [3.8, 4) is 0 Å². The first-order valence-electron chi connectivity index (χ1n) is 3.53. The van der Waals surface area contributed by atoms with Crippen LogP contribution in [0.15, 0.2) is 17.0 Å². The van der Waals surface area contributed by atoms with Gasteiger partial charge in [-0.3, -0.25) is 4.99 Å². The van der Waals surface area contributed by atoms with Gasteiger partial charge >= 0.3 is 0 Å². The molecule has 0 N–H and O–H groups in total. The van der Waals surface area contributed by atoms with Crippen LogP contribution in [-0.4, -0.2) is 13.3 Å². The van der Waals surface area contributed by atoms with Crippen LogP contribution in [0.5, 0.6) is 0 Å². The fourth-order valence-corrected chi connectivity index (χ4v) is 0.414. The van der Waals surface area contributed by atoms with Crippen molar-refractivity contribution >= 4 is 6.21 Å². The number of allylic oxidation sites excluding steroid dienone is 1. The van der Waals surface area contributed by atoms with E-state index >= 15 is 0 Å². The van der Waals surface area contributed by atoms with Crippen LogP contribution in [0.3, 0.4) is 0 Å². The third kappa shape index (κ3) is 5.35. The Morgan fingerprint density at radius 2 is 2.30 bits per heavy atom. The fraction of sp³-hybridized carbons (Fsp3) is 0.625. The van der Waals surface area contributed by atoms with E-state index in [9.17, 15) is 0 Å². The Bertz CT molecular complexity index is 127. The minimum Gasteiger partial charge on any atom is -0.500 e. The van der Waals surface area contributed by atoms with Crippen LogP contribution < -0.4 is 0 Å². The van der Waals surface area contributed by atoms with Gasteiger partial charge in [-0.2, -0.15) is 0 Å². The van der Waals surface area contributed by atoms with Gasteiger partial charge in [0.15, 0.2) is 0 Å². The molecule has 10 heavy (non-hydrogen) atoms. The van der Waals surface area contributed by atoms with Crippen molar-refractivity contribution in [1.82, 2.24) is 0 Å². The molecule has 0 aliphatic carbocycles. The van der Waals surface area contributed by atoms with E-state index in [0.717, 1.165) is 18.6 Å². The Kier molecular flexibility index (Phi) is 5.83. The minimum absolute atomic E-state index is 0.840. The molecule has 0 fully saturated rings. The van der Waals surface area contributed by atoms with E-state index in [1.165, 1.54) is 0 Å². The molecule has 0 radical (unpaired) electrons. The quantitative estimate of drug-likeness (QED) is 0.435. The van der Waals surface area contributed by atoms with Gasteiger partial charge in [-0.25, -0.2) is 0 Å². The standard InChI is InChI=1S/C8H15NO/c1-4-5-6-9-7-8(2)10-3/h6-7H,4-5H2,1-3H3/b8-7-,9-6?. The Balaban J connectivity index is 3.49. The second-order valence-electron chi connectivity index (χ2n) is 2.06. The van der Waals surface area contributed by atoms with Gasteiger partial charge in [-0.15, -0.1) is 0 Å². The molecule has 0 rings (SSSR count). The molecule has 2 nitrogen and oxygen atoms in total. The van der Waals surface area contributed by atoms with Gasteiger partial charge in [0.1, 0.15) is 5.76 Å². The van der Waals surface area contributed by atoms with E-state index < -0.39 is 0 Å². The maximum atomic E-state index is 4.88. The zero-order valence-corrected chi connectivity index (χ0v) is 6.92. The minimum atomic E-state index is 0.840. The average Bonchev–Trinajstić information content (AvgIpc) is 1.98. The Labute approximate surface area is 62.6 Å². The van der Waals surface area contributed by atoms with Crippen LogP contribution >= 0.6 is 0 Å². The molecule has 0 spiro atoms. The molecule has 2 heteroatoms. The third-order valence-electron chi connectivity index (χ3n) is 1.10. The van der Waals surface area contributed by atoms with Crippen molar-refractivity contribution in [3.63, 3.8) is 0 Å². The van der Waals surface area contributed by atoms with E-state index in [2.05, 4.69) is 11.9 Å². The summed E-state index contributed by atoms with van der Waals surface area (Å²) in [5.74, 6) is 0.840. The zero-order valence-electron chi connectivity index (χ0n) is 6.92. The lowest BCUT2D eigenvalue weighted by atomic mass is 10.4. The predicted octanol–water partition coefficient (Wildman–Crippen LogP) is 2.37. The maximum Gasteiger partial charge on any atom is 0.111 e. The Morgan fingerprint density at radius 1 is 1.60 bits per heavy atom. The molecule has 0 aromatic heterocycles. The monoisotopic (exact) mass is 141 g/mol. The summed E-state index contributed by atoms with van der Waals surface area (Å²) in [6.45, 7) is 4.00. The summed E-state index contributed by atoms with van der Waals surface area (Å²) in [5.41, 5.74) is 0. The molecule has 0 amide bonds. The van der Waals surface area contributed by atoms with Gasteiger partial charge in [0.2, 0.25) is 0 Å². The Hall–Kier alpha value is -0.790. The van der Waals surface area contributed by atoms with Crippen LogP contribution in [0.25, 0.3) is 0 Å². The molecule has 0 unspecified atom stereocenters. The van der Waals surface area contributed by atoms with Crippen molar-refractivity contribution in [3.05, 3.63) is 12.0 Å². The highest BCUT2D eigenvalue weighted by Gasteiger charge is 1.78. The number of rotatable bonds is 4. The molecule has 0 aliphatic heterocycles. The van der Waals surface area contributed by atoms with E-state index in [-0.39, 0.29) is 0 Å². The summed E-state index contributed by atoms with van der Waals surface area (Å²) in [5, 5.41) is 0. The zero-order chi connectivity index (χ0) is 7.82. The molecule has 58 valence electrons. The molecule has 0 atom stereocenters. The van der Waals surface area contributed by atoms with E-state index in [1.807, 2.05) is 13.1 Å². The summed E-state index contributed by atoms with van der Waals surface area (Å²) in [7, 11) is 1.64. The molecule has 0 heterocycles. The van der Waals surface area contributed by atoms with Crippen LogP contribution in [0.4, 0.5) is 0 Å². The second-order valence-corrected chi connectivity index (χ2v) is 2.06. The second kappa shape index (κ2) is 6.33. The lowest BCUT2D eigenvalue weighted by Gasteiger charge is -1.92. The number of aliphatic imine (C=N–C) groups is 1. The molecule has 0 saturated carbocycles. The maximum absolute atomic E-state index is 4.88. The lowest BCUT2D eigenvalue weighted by molar-refractivity contribution is 0.292. The van der Waals surface area contributed by atoms with E-state index in [0.29, 0.717) is 0 Å². The largest absolute Gasteiger partial charge is 0.500 e. The first kappa shape index (κ1) is 9.21. The van der Waals surface area contributed by atoms with Gasteiger partial charge in [-0.05, 0) is 13.3 Å². The number of ether oxygens (including phenoxy) is 1. The van der Waals surface area contributed by atoms with Crippen molar-refractivity contribution in [2.75, 3.05) is 7.11 Å². The molecule has 0 saturated heterocycles. The SMILES string of the molecule is CCCC=N/C=C(/C)OC. The summed E-state index contributed by atoms with van der Waals surface area (Å²) in [6.07, 6.45) is 5.79. The molecular formula is C8H15NO. The van der Waals surface area contributed by atoms with Crippen LogP contribution in [0.1, 0.15) is 26.7 Å². The summed E-state index contributed by atoms with van der Waals surface area (Å²) < 4.78 is 4.88. The normalized spacial score (nSPS) is 12.5. The number of methoxy groups -OCH3 is 1. The van der Waals surface area contributed by atoms with Gasteiger partial charge in [-0.1, -0.05) is 13.3 Å². The molecular weight excluding hydrogens is 126 g/mol. The smallest absolute Gasteiger partial charge is 0.111 e. The first-order valence-corrected chi connectivity index (χ1v) is 3.53. The highest BCUT2D eigenvalue weighted by atomic mass is 16.5. The molecule has 0 aromatic carbocycles. The molecule has 0 bridgehead atoms. The average molecular weight is 141 g/mol. The molecule has 0 aliphatic rings. The highest BCUT2D eigenvalue weighted by Crippen LogP contribution is 1.91. The topological polar surface area (TPSA) is 21.6 Å². The molecule has 0 aromatic rings.